The van der Waals surface area contributed by atoms with Gasteiger partial charge < -0.3 is 5.73 Å². The van der Waals surface area contributed by atoms with E-state index in [1.807, 2.05) is 36.4 Å². The Hall–Kier alpha value is -1.00. The van der Waals surface area contributed by atoms with Gasteiger partial charge in [0.2, 0.25) is 0 Å². The first-order valence-electron chi connectivity index (χ1n) is 5.53. The summed E-state index contributed by atoms with van der Waals surface area (Å²) in [5, 5.41) is 0. The van der Waals surface area contributed by atoms with Gasteiger partial charge in [-0.1, -0.05) is 67.6 Å². The van der Waals surface area contributed by atoms with E-state index in [2.05, 4.69) is 31.2 Å². The molecule has 0 unspecified atom stereocenters. The van der Waals surface area contributed by atoms with Crippen LogP contribution in [0.2, 0.25) is 0 Å². The van der Waals surface area contributed by atoms with E-state index in [1.165, 1.54) is 11.1 Å². The molecule has 82 valence electrons. The Bertz CT molecular complexity index is 399. The van der Waals surface area contributed by atoms with Crippen molar-refractivity contribution in [1.82, 2.24) is 0 Å². The third-order valence-electron chi connectivity index (χ3n) is 3.18. The standard InChI is InChI=1S/C15H16N.Li/c1-15(12-16,13-8-4-2-5-9-13)14-10-6-3-7-11-14;/h2-11,16H,12H2,1H3;/q-1;+1. The molecular formula is C15H16LiN. The minimum absolute atomic E-state index is 0. The van der Waals surface area contributed by atoms with Crippen molar-refractivity contribution in [2.45, 2.75) is 12.3 Å². The quantitative estimate of drug-likeness (QED) is 0.686. The molecule has 0 saturated carbocycles. The zero-order chi connectivity index (χ0) is 11.4. The van der Waals surface area contributed by atoms with Gasteiger partial charge in [0.05, 0.1) is 0 Å². The van der Waals surface area contributed by atoms with Gasteiger partial charge in [0.25, 0.3) is 0 Å². The topological polar surface area (TPSA) is 23.8 Å². The number of nitrogens with one attached hydrogen (secondary N) is 1. The predicted octanol–water partition coefficient (Wildman–Crippen LogP) is 1.05. The van der Waals surface area contributed by atoms with Crippen LogP contribution < -0.4 is 18.9 Å². The van der Waals surface area contributed by atoms with Gasteiger partial charge in [0.1, 0.15) is 0 Å². The van der Waals surface area contributed by atoms with Crippen molar-refractivity contribution in [3.8, 4) is 0 Å². The van der Waals surface area contributed by atoms with Crippen LogP contribution in [0.3, 0.4) is 0 Å². The summed E-state index contributed by atoms with van der Waals surface area (Å²) in [6.45, 7) is 2.49. The first-order valence-corrected chi connectivity index (χ1v) is 5.53. The zero-order valence-electron chi connectivity index (χ0n) is 10.5. The fraction of sp³-hybridized carbons (Fsp3) is 0.200. The Morgan fingerprint density at radius 3 is 1.47 bits per heavy atom. The molecule has 0 amide bonds. The van der Waals surface area contributed by atoms with E-state index >= 15 is 0 Å². The van der Waals surface area contributed by atoms with Crippen LogP contribution in [0.4, 0.5) is 0 Å². The molecule has 1 nitrogen and oxygen atoms in total. The molecule has 0 bridgehead atoms. The summed E-state index contributed by atoms with van der Waals surface area (Å²) in [6.07, 6.45) is 0. The summed E-state index contributed by atoms with van der Waals surface area (Å²) in [5.74, 6) is 0. The van der Waals surface area contributed by atoms with E-state index in [0.29, 0.717) is 6.54 Å². The van der Waals surface area contributed by atoms with E-state index in [0.717, 1.165) is 0 Å². The maximum Gasteiger partial charge on any atom is 1.00 e. The van der Waals surface area contributed by atoms with Crippen molar-refractivity contribution in [2.75, 3.05) is 6.54 Å². The average Bonchev–Trinajstić information content (AvgIpc) is 2.40. The summed E-state index contributed by atoms with van der Waals surface area (Å²) in [6, 6.07) is 20.6. The maximum absolute atomic E-state index is 7.83. The van der Waals surface area contributed by atoms with Gasteiger partial charge in [0, 0.05) is 0 Å². The molecule has 0 atom stereocenters. The van der Waals surface area contributed by atoms with Crippen LogP contribution in [0.1, 0.15) is 18.1 Å². The van der Waals surface area contributed by atoms with Crippen molar-refractivity contribution in [3.63, 3.8) is 0 Å². The second kappa shape index (κ2) is 6.07. The third kappa shape index (κ3) is 2.82. The van der Waals surface area contributed by atoms with Crippen LogP contribution in [0.15, 0.2) is 60.7 Å². The van der Waals surface area contributed by atoms with Crippen molar-refractivity contribution in [3.05, 3.63) is 77.5 Å². The first kappa shape index (κ1) is 14.1. The fourth-order valence-corrected chi connectivity index (χ4v) is 1.98. The van der Waals surface area contributed by atoms with Gasteiger partial charge in [-0.05, 0) is 16.5 Å². The Morgan fingerprint density at radius 2 is 1.18 bits per heavy atom. The van der Waals surface area contributed by atoms with E-state index in [4.69, 9.17) is 5.73 Å². The Kier molecular flexibility index (Phi) is 5.02. The van der Waals surface area contributed by atoms with Gasteiger partial charge in [-0.15, -0.1) is 6.54 Å². The predicted molar refractivity (Wildman–Crippen MR) is 68.5 cm³/mol. The number of hydrogen-bond acceptors (Lipinski definition) is 0. The molecule has 0 radical (unpaired) electrons. The molecular weight excluding hydrogens is 201 g/mol. The second-order valence-corrected chi connectivity index (χ2v) is 4.24. The molecule has 2 aromatic carbocycles. The van der Waals surface area contributed by atoms with Gasteiger partial charge >= 0.3 is 18.9 Å². The molecule has 0 aromatic heterocycles. The number of hydrogen-bond donors (Lipinski definition) is 0. The number of rotatable bonds is 3. The Balaban J connectivity index is 0.00000144. The molecule has 17 heavy (non-hydrogen) atoms. The van der Waals surface area contributed by atoms with E-state index in [1.54, 1.807) is 0 Å². The van der Waals surface area contributed by atoms with E-state index < -0.39 is 0 Å². The molecule has 2 rings (SSSR count). The maximum atomic E-state index is 7.83. The van der Waals surface area contributed by atoms with Gasteiger partial charge in [-0.2, -0.15) is 0 Å². The molecule has 1 N–H and O–H groups in total. The van der Waals surface area contributed by atoms with E-state index in [9.17, 15) is 0 Å². The molecule has 0 heterocycles. The summed E-state index contributed by atoms with van der Waals surface area (Å²) < 4.78 is 0. The molecule has 0 spiro atoms. The largest absolute Gasteiger partial charge is 1.00 e. The smallest absolute Gasteiger partial charge is 0.676 e. The van der Waals surface area contributed by atoms with Crippen molar-refractivity contribution >= 4 is 0 Å². The second-order valence-electron chi connectivity index (χ2n) is 4.24. The van der Waals surface area contributed by atoms with Crippen LogP contribution in [0, 0.1) is 0 Å². The summed E-state index contributed by atoms with van der Waals surface area (Å²) in [4.78, 5) is 0. The summed E-state index contributed by atoms with van der Waals surface area (Å²) >= 11 is 0. The molecule has 0 aliphatic carbocycles. The molecule has 2 aromatic rings. The number of benzene rings is 2. The summed E-state index contributed by atoms with van der Waals surface area (Å²) in [5.41, 5.74) is 10.0. The zero-order valence-corrected chi connectivity index (χ0v) is 10.5. The SMILES string of the molecule is CC(C[NH-])(c1ccccc1)c1ccccc1.[Li+]. The van der Waals surface area contributed by atoms with Gasteiger partial charge in [-0.3, -0.25) is 0 Å². The summed E-state index contributed by atoms with van der Waals surface area (Å²) in [7, 11) is 0. The van der Waals surface area contributed by atoms with E-state index in [-0.39, 0.29) is 24.3 Å². The fourth-order valence-electron chi connectivity index (χ4n) is 1.98. The molecule has 0 aliphatic heterocycles. The van der Waals surface area contributed by atoms with Gasteiger partial charge in [-0.25, -0.2) is 0 Å². The Labute approximate surface area is 115 Å². The molecule has 0 fully saturated rings. The van der Waals surface area contributed by atoms with Crippen LogP contribution in [-0.2, 0) is 5.41 Å². The molecule has 0 saturated heterocycles. The normalized spacial score (nSPS) is 10.7. The van der Waals surface area contributed by atoms with Crippen LogP contribution >= 0.6 is 0 Å². The van der Waals surface area contributed by atoms with Crippen LogP contribution in [0.25, 0.3) is 5.73 Å². The Morgan fingerprint density at radius 1 is 0.824 bits per heavy atom. The first-order chi connectivity index (χ1) is 7.77. The van der Waals surface area contributed by atoms with Crippen molar-refractivity contribution in [2.24, 2.45) is 0 Å². The molecule has 2 heteroatoms. The average molecular weight is 217 g/mol. The van der Waals surface area contributed by atoms with Crippen molar-refractivity contribution < 1.29 is 18.9 Å². The van der Waals surface area contributed by atoms with Gasteiger partial charge in [0.15, 0.2) is 0 Å². The van der Waals surface area contributed by atoms with Crippen LogP contribution in [-0.4, -0.2) is 6.54 Å². The molecule has 0 aliphatic rings. The van der Waals surface area contributed by atoms with Crippen LogP contribution in [0.5, 0.6) is 0 Å². The van der Waals surface area contributed by atoms with Crippen molar-refractivity contribution in [1.29, 1.82) is 0 Å². The monoisotopic (exact) mass is 217 g/mol. The third-order valence-corrected chi connectivity index (χ3v) is 3.18. The minimum Gasteiger partial charge on any atom is -0.676 e. The minimum atomic E-state index is -0.206.